The van der Waals surface area contributed by atoms with Gasteiger partial charge in [0.2, 0.25) is 0 Å². The van der Waals surface area contributed by atoms with Gasteiger partial charge in [-0.25, -0.2) is 0 Å². The van der Waals surface area contributed by atoms with Gasteiger partial charge < -0.3 is 9.59 Å². The van der Waals surface area contributed by atoms with Gasteiger partial charge in [0.1, 0.15) is 23.1 Å². The monoisotopic (exact) mass is 228 g/mol. The van der Waals surface area contributed by atoms with E-state index in [1.165, 1.54) is 20.8 Å². The fourth-order valence-electron chi connectivity index (χ4n) is 0.755. The van der Waals surface area contributed by atoms with Crippen LogP contribution in [0.15, 0.2) is 0 Å². The first-order valence-electron chi connectivity index (χ1n) is 5.29. The number of carbonyl (C=O) groups excluding carboxylic acids is 4. The zero-order chi connectivity index (χ0) is 13.1. The molecule has 0 bridgehead atoms. The van der Waals surface area contributed by atoms with Crippen LogP contribution in [0.5, 0.6) is 0 Å². The number of hydrogen-bond donors (Lipinski definition) is 0. The van der Waals surface area contributed by atoms with E-state index in [0.717, 1.165) is 0 Å². The average molecular weight is 228 g/mol. The predicted octanol–water partition coefficient (Wildman–Crippen LogP) is 1.89. The molecule has 0 N–H and O–H groups in total. The molecule has 0 heterocycles. The van der Waals surface area contributed by atoms with Crippen molar-refractivity contribution in [3.63, 3.8) is 0 Å². The highest BCUT2D eigenvalue weighted by atomic mass is 16.1. The smallest absolute Gasteiger partial charge is 0.139 e. The normalized spacial score (nSPS) is 8.75. The Kier molecular flexibility index (Phi) is 10.9. The third kappa shape index (κ3) is 18.5. The Morgan fingerprint density at radius 3 is 1.25 bits per heavy atom. The molecule has 0 saturated heterocycles. The van der Waals surface area contributed by atoms with E-state index in [1.807, 2.05) is 0 Å². The first kappa shape index (κ1) is 17.1. The Bertz CT molecular complexity index is 252. The molecule has 0 aliphatic rings. The van der Waals surface area contributed by atoms with Crippen LogP contribution >= 0.6 is 0 Å². The van der Waals surface area contributed by atoms with E-state index in [9.17, 15) is 19.2 Å². The van der Waals surface area contributed by atoms with E-state index in [4.69, 9.17) is 0 Å². The van der Waals surface area contributed by atoms with Crippen LogP contribution in [0.4, 0.5) is 0 Å². The van der Waals surface area contributed by atoms with Crippen molar-refractivity contribution < 1.29 is 19.2 Å². The summed E-state index contributed by atoms with van der Waals surface area (Å²) in [4.78, 5) is 41.0. The molecule has 0 unspecified atom stereocenters. The van der Waals surface area contributed by atoms with Crippen molar-refractivity contribution >= 4 is 23.1 Å². The third-order valence-corrected chi connectivity index (χ3v) is 1.67. The topological polar surface area (TPSA) is 68.3 Å². The van der Waals surface area contributed by atoms with Crippen LogP contribution in [0.2, 0.25) is 0 Å². The van der Waals surface area contributed by atoms with Crippen LogP contribution in [0.25, 0.3) is 0 Å². The molecule has 0 aromatic rings. The second-order valence-electron chi connectivity index (χ2n) is 3.68. The molecular weight excluding hydrogens is 208 g/mol. The fraction of sp³-hybridized carbons (Fsp3) is 0.667. The molecule has 0 aliphatic heterocycles. The molecule has 0 aliphatic carbocycles. The van der Waals surface area contributed by atoms with Crippen molar-refractivity contribution in [3.05, 3.63) is 0 Å². The second kappa shape index (κ2) is 10.2. The molecule has 0 radical (unpaired) electrons. The summed E-state index contributed by atoms with van der Waals surface area (Å²) < 4.78 is 0. The average Bonchev–Trinajstić information content (AvgIpc) is 2.14. The summed E-state index contributed by atoms with van der Waals surface area (Å²) in [7, 11) is 0. The molecule has 0 saturated carbocycles. The van der Waals surface area contributed by atoms with Crippen molar-refractivity contribution in [2.45, 2.75) is 53.4 Å². The van der Waals surface area contributed by atoms with E-state index in [-0.39, 0.29) is 29.6 Å². The van der Waals surface area contributed by atoms with Gasteiger partial charge in [-0.2, -0.15) is 0 Å². The molecule has 0 aromatic heterocycles. The standard InChI is InChI=1S/2C6H10O2/c1-5(7)3-4-6(2)8;1-3-6(8)4-5(2)7/h2*3-4H2,1-2H3. The largest absolute Gasteiger partial charge is 0.300 e. The highest BCUT2D eigenvalue weighted by Gasteiger charge is 1.99. The Labute approximate surface area is 96.4 Å². The molecule has 92 valence electrons. The van der Waals surface area contributed by atoms with Crippen molar-refractivity contribution in [2.75, 3.05) is 0 Å². The molecule has 0 spiro atoms. The number of Topliss-reactive ketones (excluding diaryl/α,β-unsaturated/α-hetero) is 4. The number of ketones is 4. The second-order valence-corrected chi connectivity index (χ2v) is 3.68. The summed E-state index contributed by atoms with van der Waals surface area (Å²) in [5.74, 6) is 0.148. The van der Waals surface area contributed by atoms with Crippen molar-refractivity contribution in [2.24, 2.45) is 0 Å². The lowest BCUT2D eigenvalue weighted by molar-refractivity contribution is -0.125. The Morgan fingerprint density at radius 1 is 0.750 bits per heavy atom. The van der Waals surface area contributed by atoms with Gasteiger partial charge in [0.25, 0.3) is 0 Å². The van der Waals surface area contributed by atoms with Crippen LogP contribution in [-0.4, -0.2) is 23.1 Å². The van der Waals surface area contributed by atoms with Crippen LogP contribution in [-0.2, 0) is 19.2 Å². The fourth-order valence-corrected chi connectivity index (χ4v) is 0.755. The van der Waals surface area contributed by atoms with E-state index < -0.39 is 0 Å². The minimum absolute atomic E-state index is 0.0255. The maximum absolute atomic E-state index is 10.4. The molecular formula is C12H20O4. The minimum atomic E-state index is -0.0446. The van der Waals surface area contributed by atoms with Crippen LogP contribution in [0, 0.1) is 0 Å². The molecule has 4 heteroatoms. The van der Waals surface area contributed by atoms with Crippen LogP contribution in [0.3, 0.4) is 0 Å². The predicted molar refractivity (Wildman–Crippen MR) is 61.2 cm³/mol. The maximum Gasteiger partial charge on any atom is 0.139 e. The highest BCUT2D eigenvalue weighted by Crippen LogP contribution is 1.89. The molecule has 16 heavy (non-hydrogen) atoms. The highest BCUT2D eigenvalue weighted by molar-refractivity contribution is 5.97. The number of rotatable bonds is 6. The summed E-state index contributed by atoms with van der Waals surface area (Å²) in [6.07, 6.45) is 1.38. The number of hydrogen-bond acceptors (Lipinski definition) is 4. The van der Waals surface area contributed by atoms with Crippen LogP contribution in [0.1, 0.15) is 53.4 Å². The van der Waals surface area contributed by atoms with E-state index in [0.29, 0.717) is 19.3 Å². The minimum Gasteiger partial charge on any atom is -0.300 e. The Balaban J connectivity index is 0. The van der Waals surface area contributed by atoms with E-state index in [1.54, 1.807) is 6.92 Å². The summed E-state index contributed by atoms with van der Waals surface area (Å²) in [6.45, 7) is 6.16. The van der Waals surface area contributed by atoms with Crippen LogP contribution < -0.4 is 0 Å². The van der Waals surface area contributed by atoms with Gasteiger partial charge >= 0.3 is 0 Å². The first-order chi connectivity index (χ1) is 7.29. The summed E-state index contributed by atoms with van der Waals surface area (Å²) in [5, 5.41) is 0. The lowest BCUT2D eigenvalue weighted by atomic mass is 10.2. The van der Waals surface area contributed by atoms with Gasteiger partial charge in [-0.15, -0.1) is 0 Å². The summed E-state index contributed by atoms with van der Waals surface area (Å²) in [6, 6.07) is 0. The van der Waals surface area contributed by atoms with Gasteiger partial charge in [0, 0.05) is 19.3 Å². The van der Waals surface area contributed by atoms with Gasteiger partial charge in [0.05, 0.1) is 6.42 Å². The zero-order valence-electron chi connectivity index (χ0n) is 10.5. The van der Waals surface area contributed by atoms with Gasteiger partial charge in [-0.3, -0.25) is 9.59 Å². The van der Waals surface area contributed by atoms with E-state index in [2.05, 4.69) is 0 Å². The summed E-state index contributed by atoms with van der Waals surface area (Å²) >= 11 is 0. The molecule has 0 aromatic carbocycles. The van der Waals surface area contributed by atoms with E-state index >= 15 is 0 Å². The molecule has 0 fully saturated rings. The lowest BCUT2D eigenvalue weighted by Crippen LogP contribution is -2.01. The van der Waals surface area contributed by atoms with Gasteiger partial charge in [0.15, 0.2) is 0 Å². The third-order valence-electron chi connectivity index (χ3n) is 1.67. The van der Waals surface area contributed by atoms with Gasteiger partial charge in [-0.05, 0) is 20.8 Å². The molecule has 0 amide bonds. The Morgan fingerprint density at radius 2 is 1.12 bits per heavy atom. The first-order valence-corrected chi connectivity index (χ1v) is 5.29. The Hall–Kier alpha value is -1.32. The molecule has 0 atom stereocenters. The lowest BCUT2D eigenvalue weighted by Gasteiger charge is -1.87. The van der Waals surface area contributed by atoms with Crippen molar-refractivity contribution in [1.29, 1.82) is 0 Å². The van der Waals surface area contributed by atoms with Gasteiger partial charge in [-0.1, -0.05) is 6.92 Å². The molecule has 4 nitrogen and oxygen atoms in total. The zero-order valence-corrected chi connectivity index (χ0v) is 10.5. The molecule has 0 rings (SSSR count). The summed E-state index contributed by atoms with van der Waals surface area (Å²) in [5.41, 5.74) is 0. The SMILES string of the molecule is CC(=O)CCC(C)=O.CCC(=O)CC(C)=O. The maximum atomic E-state index is 10.4. The van der Waals surface area contributed by atoms with Crippen molar-refractivity contribution in [3.8, 4) is 0 Å². The van der Waals surface area contributed by atoms with Crippen molar-refractivity contribution in [1.82, 2.24) is 0 Å². The quantitative estimate of drug-likeness (QED) is 0.651. The number of carbonyl (C=O) groups is 4.